The second-order valence-electron chi connectivity index (χ2n) is 4.27. The summed E-state index contributed by atoms with van der Waals surface area (Å²) in [5, 5.41) is 14.0. The summed E-state index contributed by atoms with van der Waals surface area (Å²) in [5.41, 5.74) is 1.10. The largest absolute Gasteiger partial charge is 0.466 e. The zero-order valence-corrected chi connectivity index (χ0v) is 11.1. The molecule has 6 heteroatoms. The highest BCUT2D eigenvalue weighted by Crippen LogP contribution is 2.24. The van der Waals surface area contributed by atoms with Crippen molar-refractivity contribution in [2.45, 2.75) is 33.4 Å². The number of anilines is 1. The fourth-order valence-electron chi connectivity index (χ4n) is 1.88. The van der Waals surface area contributed by atoms with E-state index < -0.39 is 0 Å². The molecule has 2 heterocycles. The fraction of sp³-hybridized carbons (Fsp3) is 0.500. The van der Waals surface area contributed by atoms with E-state index >= 15 is 0 Å². The number of hydrogen-bond acceptors (Lipinski definition) is 6. The van der Waals surface area contributed by atoms with E-state index in [1.165, 1.54) is 0 Å². The minimum Gasteiger partial charge on any atom is -0.466 e. The van der Waals surface area contributed by atoms with Gasteiger partial charge in [0.2, 0.25) is 5.89 Å². The first kappa shape index (κ1) is 12.6. The van der Waals surface area contributed by atoms with Crippen LogP contribution in [0.15, 0.2) is 14.9 Å². The van der Waals surface area contributed by atoms with E-state index in [0.29, 0.717) is 18.5 Å². The van der Waals surface area contributed by atoms with Gasteiger partial charge in [-0.2, -0.15) is 0 Å². The van der Waals surface area contributed by atoms with Gasteiger partial charge in [0.25, 0.3) is 0 Å². The van der Waals surface area contributed by atoms with Crippen molar-refractivity contribution in [2.75, 3.05) is 12.4 Å². The molecule has 18 heavy (non-hydrogen) atoms. The number of aryl methyl sites for hydroxylation is 2. The molecule has 6 nitrogen and oxygen atoms in total. The van der Waals surface area contributed by atoms with Crippen molar-refractivity contribution < 1.29 is 8.83 Å². The molecule has 1 atom stereocenters. The molecule has 0 radical (unpaired) electrons. The highest BCUT2D eigenvalue weighted by atomic mass is 16.4. The van der Waals surface area contributed by atoms with Crippen molar-refractivity contribution in [3.63, 3.8) is 0 Å². The summed E-state index contributed by atoms with van der Waals surface area (Å²) in [4.78, 5) is 0. The van der Waals surface area contributed by atoms with Crippen LogP contribution in [0.25, 0.3) is 0 Å². The second kappa shape index (κ2) is 5.22. The maximum atomic E-state index is 5.50. The number of furan rings is 1. The lowest BCUT2D eigenvalue weighted by Gasteiger charge is -2.10. The molecule has 2 rings (SSSR count). The quantitative estimate of drug-likeness (QED) is 0.847. The van der Waals surface area contributed by atoms with Crippen LogP contribution in [0.3, 0.4) is 0 Å². The van der Waals surface area contributed by atoms with Crippen molar-refractivity contribution >= 4 is 6.01 Å². The molecule has 0 fully saturated rings. The van der Waals surface area contributed by atoms with Crippen LogP contribution in [0.5, 0.6) is 0 Å². The molecule has 0 bridgehead atoms. The van der Waals surface area contributed by atoms with Gasteiger partial charge in [-0.25, -0.2) is 0 Å². The molecular weight excluding hydrogens is 232 g/mol. The lowest BCUT2D eigenvalue weighted by Crippen LogP contribution is -2.07. The van der Waals surface area contributed by atoms with E-state index in [1.807, 2.05) is 33.9 Å². The minimum atomic E-state index is 0.0605. The van der Waals surface area contributed by atoms with E-state index in [0.717, 1.165) is 17.1 Å². The summed E-state index contributed by atoms with van der Waals surface area (Å²) in [7, 11) is 1.83. The Hall–Kier alpha value is -1.82. The van der Waals surface area contributed by atoms with Crippen molar-refractivity contribution in [2.24, 2.45) is 0 Å². The number of hydrogen-bond donors (Lipinski definition) is 2. The molecule has 2 aromatic rings. The van der Waals surface area contributed by atoms with Crippen LogP contribution < -0.4 is 10.6 Å². The molecule has 0 aliphatic heterocycles. The summed E-state index contributed by atoms with van der Waals surface area (Å²) < 4.78 is 10.9. The van der Waals surface area contributed by atoms with E-state index in [4.69, 9.17) is 8.83 Å². The molecular formula is C12H18N4O2. The Balaban J connectivity index is 2.06. The predicted molar refractivity (Wildman–Crippen MR) is 67.3 cm³/mol. The van der Waals surface area contributed by atoms with Gasteiger partial charge < -0.3 is 19.5 Å². The molecule has 2 aromatic heterocycles. The Morgan fingerprint density at radius 1 is 1.28 bits per heavy atom. The molecule has 2 N–H and O–H groups in total. The van der Waals surface area contributed by atoms with Crippen molar-refractivity contribution in [1.29, 1.82) is 0 Å². The first-order chi connectivity index (χ1) is 8.60. The highest BCUT2D eigenvalue weighted by Gasteiger charge is 2.15. The Morgan fingerprint density at radius 2 is 2.06 bits per heavy atom. The van der Waals surface area contributed by atoms with Crippen LogP contribution in [0.2, 0.25) is 0 Å². The molecule has 0 saturated heterocycles. The molecule has 0 aliphatic carbocycles. The Bertz CT molecular complexity index is 518. The van der Waals surface area contributed by atoms with Gasteiger partial charge in [-0.1, -0.05) is 5.10 Å². The first-order valence-electron chi connectivity index (χ1n) is 5.90. The molecule has 98 valence electrons. The van der Waals surface area contributed by atoms with Crippen molar-refractivity contribution in [3.8, 4) is 0 Å². The lowest BCUT2D eigenvalue weighted by atomic mass is 10.1. The molecule has 0 aromatic carbocycles. The summed E-state index contributed by atoms with van der Waals surface area (Å²) in [6.45, 7) is 6.47. The Labute approximate surface area is 106 Å². The van der Waals surface area contributed by atoms with Crippen LogP contribution in [-0.2, 0) is 6.54 Å². The number of aromatic nitrogens is 2. The molecule has 1 unspecified atom stereocenters. The van der Waals surface area contributed by atoms with Gasteiger partial charge in [-0.3, -0.25) is 0 Å². The standard InChI is InChI=1S/C12H18N4O2/c1-7-5-10(9(3)17-7)8(2)14-12-16-15-11(18-12)6-13-4/h5,8,13H,6H2,1-4H3,(H,14,16). The zero-order valence-electron chi connectivity index (χ0n) is 11.1. The third-order valence-corrected chi connectivity index (χ3v) is 2.68. The maximum absolute atomic E-state index is 5.50. The van der Waals surface area contributed by atoms with Gasteiger partial charge in [-0.15, -0.1) is 5.10 Å². The van der Waals surface area contributed by atoms with Crippen LogP contribution >= 0.6 is 0 Å². The van der Waals surface area contributed by atoms with Crippen LogP contribution in [0.4, 0.5) is 6.01 Å². The SMILES string of the molecule is CNCc1nnc(NC(C)c2cc(C)oc2C)o1. The van der Waals surface area contributed by atoms with Gasteiger partial charge >= 0.3 is 6.01 Å². The van der Waals surface area contributed by atoms with E-state index in [-0.39, 0.29) is 6.04 Å². The number of nitrogens with zero attached hydrogens (tertiary/aromatic N) is 2. The second-order valence-corrected chi connectivity index (χ2v) is 4.27. The minimum absolute atomic E-state index is 0.0605. The molecule has 0 aliphatic rings. The van der Waals surface area contributed by atoms with Gasteiger partial charge in [0.15, 0.2) is 0 Å². The Kier molecular flexibility index (Phi) is 3.66. The van der Waals surface area contributed by atoms with E-state index in [9.17, 15) is 0 Å². The third-order valence-electron chi connectivity index (χ3n) is 2.68. The fourth-order valence-corrected chi connectivity index (χ4v) is 1.88. The predicted octanol–water partition coefficient (Wildman–Crippen LogP) is 2.17. The third kappa shape index (κ3) is 2.70. The zero-order chi connectivity index (χ0) is 13.1. The van der Waals surface area contributed by atoms with Crippen LogP contribution in [-0.4, -0.2) is 17.2 Å². The van der Waals surface area contributed by atoms with Crippen LogP contribution in [0.1, 0.15) is 35.9 Å². The van der Waals surface area contributed by atoms with Crippen molar-refractivity contribution in [1.82, 2.24) is 15.5 Å². The average molecular weight is 250 g/mol. The first-order valence-corrected chi connectivity index (χ1v) is 5.90. The number of rotatable bonds is 5. The summed E-state index contributed by atoms with van der Waals surface area (Å²) in [5.74, 6) is 2.37. The van der Waals surface area contributed by atoms with Gasteiger partial charge in [0, 0.05) is 5.56 Å². The smallest absolute Gasteiger partial charge is 0.315 e. The van der Waals surface area contributed by atoms with Gasteiger partial charge in [0.05, 0.1) is 12.6 Å². The topological polar surface area (TPSA) is 76.1 Å². The highest BCUT2D eigenvalue weighted by molar-refractivity contribution is 5.31. The van der Waals surface area contributed by atoms with E-state index in [1.54, 1.807) is 0 Å². The van der Waals surface area contributed by atoms with E-state index in [2.05, 4.69) is 20.8 Å². The van der Waals surface area contributed by atoms with Gasteiger partial charge in [0.1, 0.15) is 11.5 Å². The van der Waals surface area contributed by atoms with Crippen molar-refractivity contribution in [3.05, 3.63) is 29.0 Å². The molecule has 0 amide bonds. The summed E-state index contributed by atoms with van der Waals surface area (Å²) in [6, 6.07) is 2.49. The Morgan fingerprint density at radius 3 is 2.67 bits per heavy atom. The summed E-state index contributed by atoms with van der Waals surface area (Å²) in [6.07, 6.45) is 0. The van der Waals surface area contributed by atoms with Gasteiger partial charge in [-0.05, 0) is 33.9 Å². The normalized spacial score (nSPS) is 12.7. The number of nitrogens with one attached hydrogen (secondary N) is 2. The molecule has 0 saturated carbocycles. The monoisotopic (exact) mass is 250 g/mol. The lowest BCUT2D eigenvalue weighted by molar-refractivity contribution is 0.483. The average Bonchev–Trinajstić information content (AvgIpc) is 2.86. The summed E-state index contributed by atoms with van der Waals surface area (Å²) >= 11 is 0. The van der Waals surface area contributed by atoms with Crippen LogP contribution in [0, 0.1) is 13.8 Å². The molecule has 0 spiro atoms. The maximum Gasteiger partial charge on any atom is 0.315 e.